The van der Waals surface area contributed by atoms with Gasteiger partial charge in [-0.15, -0.1) is 0 Å². The van der Waals surface area contributed by atoms with E-state index in [4.69, 9.17) is 5.73 Å². The summed E-state index contributed by atoms with van der Waals surface area (Å²) < 4.78 is 0. The largest absolute Gasteiger partial charge is 0.330 e. The van der Waals surface area contributed by atoms with Crippen molar-refractivity contribution < 1.29 is 0 Å². The van der Waals surface area contributed by atoms with Crippen molar-refractivity contribution in [1.82, 2.24) is 4.90 Å². The maximum Gasteiger partial charge on any atom is 0.00448 e. The predicted octanol–water partition coefficient (Wildman–Crippen LogP) is 0.287. The summed E-state index contributed by atoms with van der Waals surface area (Å²) in [5.74, 6) is 0. The molecule has 2 nitrogen and oxygen atoms in total. The van der Waals surface area contributed by atoms with Gasteiger partial charge in [-0.05, 0) is 32.0 Å². The first-order chi connectivity index (χ1) is 4.16. The zero-order valence-electron chi connectivity index (χ0n) is 6.35. The van der Waals surface area contributed by atoms with Gasteiger partial charge in [-0.1, -0.05) is 6.92 Å². The fraction of sp³-hybridized carbons (Fsp3) is 1.00. The molecule has 54 valence electrons. The van der Waals surface area contributed by atoms with E-state index in [1.807, 2.05) is 0 Å². The minimum Gasteiger partial charge on any atom is -0.330 e. The van der Waals surface area contributed by atoms with Gasteiger partial charge in [-0.3, -0.25) is 0 Å². The SMILES string of the molecule is CN1CCC(C)(CN)C1. The molecule has 1 saturated heterocycles. The standard InChI is InChI=1S/C7H16N2/c1-7(5-8)3-4-9(2)6-7/h3-6,8H2,1-2H3. The molecule has 0 aromatic carbocycles. The van der Waals surface area contributed by atoms with Crippen LogP contribution in [-0.2, 0) is 0 Å². The summed E-state index contributed by atoms with van der Waals surface area (Å²) in [6.45, 7) is 5.48. The van der Waals surface area contributed by atoms with Crippen molar-refractivity contribution in [1.29, 1.82) is 0 Å². The third-order valence-electron chi connectivity index (χ3n) is 2.24. The Labute approximate surface area is 57.0 Å². The van der Waals surface area contributed by atoms with Gasteiger partial charge in [0.2, 0.25) is 0 Å². The van der Waals surface area contributed by atoms with E-state index in [2.05, 4.69) is 18.9 Å². The molecule has 1 heterocycles. The second-order valence-corrected chi connectivity index (χ2v) is 3.50. The number of nitrogens with zero attached hydrogens (tertiary/aromatic N) is 1. The van der Waals surface area contributed by atoms with Gasteiger partial charge in [-0.25, -0.2) is 0 Å². The van der Waals surface area contributed by atoms with Gasteiger partial charge < -0.3 is 10.6 Å². The Hall–Kier alpha value is -0.0800. The van der Waals surface area contributed by atoms with Gasteiger partial charge >= 0.3 is 0 Å². The average Bonchev–Trinajstić information content (AvgIpc) is 2.13. The summed E-state index contributed by atoms with van der Waals surface area (Å²) in [5.41, 5.74) is 6.02. The maximum absolute atomic E-state index is 5.60. The molecule has 1 aliphatic heterocycles. The molecule has 0 aliphatic carbocycles. The van der Waals surface area contributed by atoms with Crippen molar-refractivity contribution in [3.8, 4) is 0 Å². The fourth-order valence-electron chi connectivity index (χ4n) is 1.44. The van der Waals surface area contributed by atoms with E-state index >= 15 is 0 Å². The first kappa shape index (κ1) is 7.03. The first-order valence-electron chi connectivity index (χ1n) is 3.55. The van der Waals surface area contributed by atoms with E-state index in [1.165, 1.54) is 19.5 Å². The molecule has 2 N–H and O–H groups in total. The summed E-state index contributed by atoms with van der Waals surface area (Å²) in [7, 11) is 2.15. The summed E-state index contributed by atoms with van der Waals surface area (Å²) in [4.78, 5) is 2.34. The van der Waals surface area contributed by atoms with Crippen LogP contribution in [0, 0.1) is 5.41 Å². The molecule has 0 bridgehead atoms. The summed E-state index contributed by atoms with van der Waals surface area (Å²) >= 11 is 0. The van der Waals surface area contributed by atoms with Gasteiger partial charge in [0.1, 0.15) is 0 Å². The molecule has 0 amide bonds. The molecule has 1 rings (SSSR count). The first-order valence-corrected chi connectivity index (χ1v) is 3.55. The second kappa shape index (κ2) is 2.27. The zero-order chi connectivity index (χ0) is 6.91. The highest BCUT2D eigenvalue weighted by molar-refractivity contribution is 4.85. The zero-order valence-corrected chi connectivity index (χ0v) is 6.35. The Kier molecular flexibility index (Phi) is 1.78. The van der Waals surface area contributed by atoms with Crippen molar-refractivity contribution in [2.45, 2.75) is 13.3 Å². The Bertz CT molecular complexity index is 103. The number of hydrogen-bond acceptors (Lipinski definition) is 2. The smallest absolute Gasteiger partial charge is 0.00448 e. The van der Waals surface area contributed by atoms with Crippen molar-refractivity contribution in [3.05, 3.63) is 0 Å². The molecule has 0 aromatic heterocycles. The van der Waals surface area contributed by atoms with Crippen LogP contribution in [0.3, 0.4) is 0 Å². The molecular weight excluding hydrogens is 112 g/mol. The molecule has 0 saturated carbocycles. The van der Waals surface area contributed by atoms with E-state index in [-0.39, 0.29) is 0 Å². The van der Waals surface area contributed by atoms with Gasteiger partial charge in [0, 0.05) is 6.54 Å². The highest BCUT2D eigenvalue weighted by Gasteiger charge is 2.29. The van der Waals surface area contributed by atoms with Crippen LogP contribution in [-0.4, -0.2) is 31.6 Å². The van der Waals surface area contributed by atoms with Crippen LogP contribution < -0.4 is 5.73 Å². The highest BCUT2D eigenvalue weighted by atomic mass is 15.1. The monoisotopic (exact) mass is 128 g/mol. The average molecular weight is 128 g/mol. The lowest BCUT2D eigenvalue weighted by atomic mass is 9.90. The van der Waals surface area contributed by atoms with Crippen LogP contribution in [0.15, 0.2) is 0 Å². The minimum atomic E-state index is 0.411. The third kappa shape index (κ3) is 1.43. The molecule has 2 heteroatoms. The maximum atomic E-state index is 5.60. The third-order valence-corrected chi connectivity index (χ3v) is 2.24. The predicted molar refractivity (Wildman–Crippen MR) is 39.3 cm³/mol. The second-order valence-electron chi connectivity index (χ2n) is 3.50. The van der Waals surface area contributed by atoms with Crippen LogP contribution in [0.4, 0.5) is 0 Å². The van der Waals surface area contributed by atoms with E-state index in [0.717, 1.165) is 6.54 Å². The Balaban J connectivity index is 2.45. The highest BCUT2D eigenvalue weighted by Crippen LogP contribution is 2.26. The molecule has 0 spiro atoms. The van der Waals surface area contributed by atoms with Gasteiger partial charge in [-0.2, -0.15) is 0 Å². The molecule has 1 aliphatic rings. The van der Waals surface area contributed by atoms with Crippen LogP contribution >= 0.6 is 0 Å². The number of nitrogens with two attached hydrogens (primary N) is 1. The van der Waals surface area contributed by atoms with Gasteiger partial charge in [0.05, 0.1) is 0 Å². The van der Waals surface area contributed by atoms with E-state index < -0.39 is 0 Å². The fourth-order valence-corrected chi connectivity index (χ4v) is 1.44. The topological polar surface area (TPSA) is 29.3 Å². The minimum absolute atomic E-state index is 0.411. The van der Waals surface area contributed by atoms with E-state index in [1.54, 1.807) is 0 Å². The van der Waals surface area contributed by atoms with Crippen molar-refractivity contribution in [2.75, 3.05) is 26.7 Å². The van der Waals surface area contributed by atoms with E-state index in [9.17, 15) is 0 Å². The molecule has 1 atom stereocenters. The van der Waals surface area contributed by atoms with Gasteiger partial charge in [0.25, 0.3) is 0 Å². The summed E-state index contributed by atoms with van der Waals surface area (Å²) in [5, 5.41) is 0. The van der Waals surface area contributed by atoms with Crippen LogP contribution in [0.1, 0.15) is 13.3 Å². The van der Waals surface area contributed by atoms with Gasteiger partial charge in [0.15, 0.2) is 0 Å². The Morgan fingerprint density at radius 1 is 1.67 bits per heavy atom. The van der Waals surface area contributed by atoms with Crippen molar-refractivity contribution in [2.24, 2.45) is 11.1 Å². The molecule has 1 fully saturated rings. The molecular formula is C7H16N2. The lowest BCUT2D eigenvalue weighted by molar-refractivity contribution is 0.318. The summed E-state index contributed by atoms with van der Waals surface area (Å²) in [6, 6.07) is 0. The molecule has 1 unspecified atom stereocenters. The summed E-state index contributed by atoms with van der Waals surface area (Å²) in [6.07, 6.45) is 1.26. The number of likely N-dealkylation sites (tertiary alicyclic amines) is 1. The Morgan fingerprint density at radius 2 is 2.33 bits per heavy atom. The molecule has 9 heavy (non-hydrogen) atoms. The Morgan fingerprint density at radius 3 is 2.56 bits per heavy atom. The molecule has 0 radical (unpaired) electrons. The number of hydrogen-bond donors (Lipinski definition) is 1. The van der Waals surface area contributed by atoms with Crippen molar-refractivity contribution in [3.63, 3.8) is 0 Å². The lowest BCUT2D eigenvalue weighted by Gasteiger charge is -2.20. The lowest BCUT2D eigenvalue weighted by Crippen LogP contribution is -2.29. The van der Waals surface area contributed by atoms with Crippen LogP contribution in [0.25, 0.3) is 0 Å². The van der Waals surface area contributed by atoms with Crippen LogP contribution in [0.5, 0.6) is 0 Å². The number of rotatable bonds is 1. The normalized spacial score (nSPS) is 37.7. The van der Waals surface area contributed by atoms with E-state index in [0.29, 0.717) is 5.41 Å². The quantitative estimate of drug-likeness (QED) is 0.550. The van der Waals surface area contributed by atoms with Crippen molar-refractivity contribution >= 4 is 0 Å². The van der Waals surface area contributed by atoms with Crippen LogP contribution in [0.2, 0.25) is 0 Å². The molecule has 0 aromatic rings.